The molecule has 0 unspecified atom stereocenters. The lowest BCUT2D eigenvalue weighted by Crippen LogP contribution is -1.92. The molecule has 0 spiro atoms. The second-order valence-electron chi connectivity index (χ2n) is 2.27. The number of benzene rings is 1. The van der Waals surface area contributed by atoms with Crippen LogP contribution in [0.5, 0.6) is 5.75 Å². The predicted molar refractivity (Wildman–Crippen MR) is 55.8 cm³/mol. The molecule has 78 valence electrons. The fraction of sp³-hybridized carbons (Fsp3) is 0.222. The molecule has 0 radical (unpaired) electrons. The van der Waals surface area contributed by atoms with Crippen LogP contribution < -0.4 is 10.5 Å². The molecule has 1 rings (SSSR count). The van der Waals surface area contributed by atoms with Crippen LogP contribution in [0.15, 0.2) is 24.3 Å². The fourth-order valence-electron chi connectivity index (χ4n) is 0.666. The first kappa shape index (κ1) is 12.6. The maximum atomic E-state index is 9.24. The minimum absolute atomic E-state index is 0.306. The molecule has 4 nitrogen and oxygen atoms in total. The number of nitrogen functional groups attached to an aromatic ring is 1. The van der Waals surface area contributed by atoms with Gasteiger partial charge >= 0.3 is 5.97 Å². The molecular weight excluding hydrogens is 206 g/mol. The third-order valence-corrected chi connectivity index (χ3v) is 1.48. The van der Waals surface area contributed by atoms with E-state index in [2.05, 4.69) is 0 Å². The Kier molecular flexibility index (Phi) is 6.32. The van der Waals surface area contributed by atoms with E-state index in [1.165, 1.54) is 0 Å². The van der Waals surface area contributed by atoms with Gasteiger partial charge in [-0.3, -0.25) is 4.79 Å². The highest BCUT2D eigenvalue weighted by Crippen LogP contribution is 2.18. The molecule has 0 aliphatic carbocycles. The number of alkyl halides is 1. The van der Waals surface area contributed by atoms with Crippen molar-refractivity contribution in [2.45, 2.75) is 0 Å². The molecule has 14 heavy (non-hydrogen) atoms. The largest absolute Gasteiger partial charge is 0.495 e. The van der Waals surface area contributed by atoms with Gasteiger partial charge in [-0.25, -0.2) is 0 Å². The first-order valence-electron chi connectivity index (χ1n) is 3.78. The molecule has 0 aromatic heterocycles. The van der Waals surface area contributed by atoms with Crippen molar-refractivity contribution >= 4 is 23.3 Å². The van der Waals surface area contributed by atoms with Crippen LogP contribution in [0.25, 0.3) is 0 Å². The monoisotopic (exact) mass is 217 g/mol. The zero-order valence-electron chi connectivity index (χ0n) is 7.74. The number of methoxy groups -OCH3 is 1. The first-order valence-corrected chi connectivity index (χ1v) is 4.31. The molecule has 0 aliphatic heterocycles. The van der Waals surface area contributed by atoms with E-state index in [0.29, 0.717) is 5.69 Å². The van der Waals surface area contributed by atoms with Gasteiger partial charge in [0.1, 0.15) is 11.6 Å². The summed E-state index contributed by atoms with van der Waals surface area (Å²) >= 11 is 4.74. The van der Waals surface area contributed by atoms with E-state index in [-0.39, 0.29) is 5.88 Å². The number of carboxylic acids is 1. The van der Waals surface area contributed by atoms with Gasteiger partial charge in [0.05, 0.1) is 12.8 Å². The average molecular weight is 218 g/mol. The van der Waals surface area contributed by atoms with Gasteiger partial charge in [0.25, 0.3) is 0 Å². The zero-order chi connectivity index (χ0) is 11.0. The van der Waals surface area contributed by atoms with E-state index in [1.807, 2.05) is 18.2 Å². The number of anilines is 1. The van der Waals surface area contributed by atoms with Gasteiger partial charge in [-0.2, -0.15) is 0 Å². The summed E-state index contributed by atoms with van der Waals surface area (Å²) in [5, 5.41) is 7.59. The van der Waals surface area contributed by atoms with E-state index in [4.69, 9.17) is 27.2 Å². The van der Waals surface area contributed by atoms with Crippen LogP contribution in [0, 0.1) is 0 Å². The topological polar surface area (TPSA) is 72.5 Å². The van der Waals surface area contributed by atoms with Crippen molar-refractivity contribution in [3.8, 4) is 5.75 Å². The van der Waals surface area contributed by atoms with E-state index in [0.717, 1.165) is 5.75 Å². The summed E-state index contributed by atoms with van der Waals surface area (Å²) in [5.74, 6) is -0.552. The summed E-state index contributed by atoms with van der Waals surface area (Å²) in [6.07, 6.45) is 0. The van der Waals surface area contributed by atoms with Crippen molar-refractivity contribution in [2.75, 3.05) is 18.7 Å². The van der Waals surface area contributed by atoms with Crippen LogP contribution >= 0.6 is 11.6 Å². The van der Waals surface area contributed by atoms with Gasteiger partial charge in [-0.05, 0) is 12.1 Å². The van der Waals surface area contributed by atoms with Crippen LogP contribution in [0.4, 0.5) is 5.69 Å². The molecule has 0 saturated carbocycles. The molecule has 0 bridgehead atoms. The Morgan fingerprint density at radius 2 is 2.07 bits per heavy atom. The quantitative estimate of drug-likeness (QED) is 0.583. The Labute approximate surface area is 87.2 Å². The minimum Gasteiger partial charge on any atom is -0.495 e. The third kappa shape index (κ3) is 5.27. The van der Waals surface area contributed by atoms with Crippen molar-refractivity contribution < 1.29 is 14.6 Å². The molecule has 3 N–H and O–H groups in total. The van der Waals surface area contributed by atoms with Crippen LogP contribution in [-0.4, -0.2) is 24.1 Å². The summed E-state index contributed by atoms with van der Waals surface area (Å²) in [6.45, 7) is 0. The third-order valence-electron chi connectivity index (χ3n) is 1.25. The molecule has 1 aromatic carbocycles. The lowest BCUT2D eigenvalue weighted by atomic mass is 10.3. The highest BCUT2D eigenvalue weighted by molar-refractivity contribution is 6.26. The number of aliphatic carboxylic acids is 1. The molecule has 0 aliphatic rings. The summed E-state index contributed by atoms with van der Waals surface area (Å²) in [6, 6.07) is 7.39. The second-order valence-corrected chi connectivity index (χ2v) is 2.54. The predicted octanol–water partition coefficient (Wildman–Crippen LogP) is 1.59. The van der Waals surface area contributed by atoms with Gasteiger partial charge in [0.15, 0.2) is 0 Å². The summed E-state index contributed by atoms with van der Waals surface area (Å²) in [4.78, 5) is 9.24. The lowest BCUT2D eigenvalue weighted by Gasteiger charge is -2.00. The van der Waals surface area contributed by atoms with E-state index < -0.39 is 5.97 Å². The standard InChI is InChI=1S/C7H9NO.C2H3ClO2/c1-9-7-5-3-2-4-6(7)8;3-1-2(4)5/h2-5H,8H2,1H3;1H2,(H,4,5). The van der Waals surface area contributed by atoms with E-state index in [9.17, 15) is 4.79 Å². The average Bonchev–Trinajstić information content (AvgIpc) is 2.19. The molecule has 0 amide bonds. The summed E-state index contributed by atoms with van der Waals surface area (Å²) < 4.78 is 4.92. The number of rotatable bonds is 2. The lowest BCUT2D eigenvalue weighted by molar-refractivity contribution is -0.134. The molecule has 0 fully saturated rings. The number of ether oxygens (including phenoxy) is 1. The Hall–Kier alpha value is -1.42. The van der Waals surface area contributed by atoms with Crippen molar-refractivity contribution in [3.05, 3.63) is 24.3 Å². The number of hydrogen-bond donors (Lipinski definition) is 2. The highest BCUT2D eigenvalue weighted by Gasteiger charge is 1.91. The van der Waals surface area contributed by atoms with Crippen LogP contribution in [0.2, 0.25) is 0 Å². The second kappa shape index (κ2) is 7.03. The van der Waals surface area contributed by atoms with Crippen molar-refractivity contribution in [1.29, 1.82) is 0 Å². The van der Waals surface area contributed by atoms with Crippen molar-refractivity contribution in [3.63, 3.8) is 0 Å². The molecule has 1 aromatic rings. The van der Waals surface area contributed by atoms with Gasteiger partial charge in [0.2, 0.25) is 0 Å². The zero-order valence-corrected chi connectivity index (χ0v) is 8.49. The molecule has 0 atom stereocenters. The Morgan fingerprint density at radius 1 is 1.57 bits per heavy atom. The molecule has 5 heteroatoms. The van der Waals surface area contributed by atoms with Gasteiger partial charge < -0.3 is 15.6 Å². The number of carboxylic acid groups (broad SMARTS) is 1. The Balaban J connectivity index is 0.000000292. The fourth-order valence-corrected chi connectivity index (χ4v) is 0.666. The van der Waals surface area contributed by atoms with Gasteiger partial charge in [0, 0.05) is 0 Å². The van der Waals surface area contributed by atoms with Crippen LogP contribution in [0.3, 0.4) is 0 Å². The van der Waals surface area contributed by atoms with Gasteiger partial charge in [-0.15, -0.1) is 11.6 Å². The van der Waals surface area contributed by atoms with E-state index in [1.54, 1.807) is 13.2 Å². The SMILES string of the molecule is COc1ccccc1N.O=C(O)CCl. The van der Waals surface area contributed by atoms with Crippen LogP contribution in [0.1, 0.15) is 0 Å². The van der Waals surface area contributed by atoms with Crippen molar-refractivity contribution in [2.24, 2.45) is 0 Å². The number of halogens is 1. The van der Waals surface area contributed by atoms with E-state index >= 15 is 0 Å². The highest BCUT2D eigenvalue weighted by atomic mass is 35.5. The number of nitrogens with two attached hydrogens (primary N) is 1. The Morgan fingerprint density at radius 3 is 2.36 bits per heavy atom. The normalized spacial score (nSPS) is 8.43. The maximum Gasteiger partial charge on any atom is 0.318 e. The van der Waals surface area contributed by atoms with Crippen molar-refractivity contribution in [1.82, 2.24) is 0 Å². The first-order chi connectivity index (χ1) is 6.61. The number of carbonyl (C=O) groups is 1. The minimum atomic E-state index is -0.980. The maximum absolute atomic E-state index is 9.24. The molecule has 0 heterocycles. The summed E-state index contributed by atoms with van der Waals surface area (Å²) in [7, 11) is 1.60. The smallest absolute Gasteiger partial charge is 0.318 e. The molecular formula is C9H12ClNO3. The molecule has 0 saturated heterocycles. The Bertz CT molecular complexity index is 291. The van der Waals surface area contributed by atoms with Gasteiger partial charge in [-0.1, -0.05) is 12.1 Å². The number of hydrogen-bond acceptors (Lipinski definition) is 3. The summed E-state index contributed by atoms with van der Waals surface area (Å²) in [5.41, 5.74) is 6.19. The van der Waals surface area contributed by atoms with Crippen LogP contribution in [-0.2, 0) is 4.79 Å². The number of para-hydroxylation sites is 2.